The summed E-state index contributed by atoms with van der Waals surface area (Å²) in [6, 6.07) is 17.4. The Morgan fingerprint density at radius 2 is 1.44 bits per heavy atom. The zero-order valence-corrected chi connectivity index (χ0v) is 18.7. The average molecular weight is 453 g/mol. The summed E-state index contributed by atoms with van der Waals surface area (Å²) < 4.78 is 5.13. The largest absolute Gasteiger partial charge is 0.504 e. The lowest BCUT2D eigenvalue weighted by Crippen LogP contribution is -2.24. The number of rotatable bonds is 4. The fourth-order valence-electron chi connectivity index (χ4n) is 4.31. The number of aliphatic imine (C=N–C) groups is 1. The molecule has 0 atom stereocenters. The maximum atomic E-state index is 10.1. The molecule has 8 nitrogen and oxygen atoms in total. The van der Waals surface area contributed by atoms with E-state index in [2.05, 4.69) is 37.4 Å². The van der Waals surface area contributed by atoms with E-state index in [0.29, 0.717) is 11.6 Å². The summed E-state index contributed by atoms with van der Waals surface area (Å²) in [7, 11) is 1.53. The SMILES string of the molecule is COc1ccc(-c2nc3ccc(-c4nc5ccc(C6=NCCCCN6)cc5[nH]4)cc3[nH]2)cc1O. The van der Waals surface area contributed by atoms with Gasteiger partial charge in [0, 0.05) is 29.8 Å². The van der Waals surface area contributed by atoms with Crippen molar-refractivity contribution in [3.05, 3.63) is 60.2 Å². The molecular formula is C26H24N6O2. The zero-order valence-electron chi connectivity index (χ0n) is 18.7. The van der Waals surface area contributed by atoms with Gasteiger partial charge in [-0.25, -0.2) is 9.97 Å². The highest BCUT2D eigenvalue weighted by atomic mass is 16.5. The lowest BCUT2D eigenvalue weighted by atomic mass is 10.2. The van der Waals surface area contributed by atoms with Crippen LogP contribution in [0.25, 0.3) is 44.8 Å². The van der Waals surface area contributed by atoms with Crippen LogP contribution in [0.2, 0.25) is 0 Å². The van der Waals surface area contributed by atoms with Crippen molar-refractivity contribution in [3.63, 3.8) is 0 Å². The van der Waals surface area contributed by atoms with Crippen molar-refractivity contribution in [3.8, 4) is 34.3 Å². The predicted molar refractivity (Wildman–Crippen MR) is 133 cm³/mol. The highest BCUT2D eigenvalue weighted by molar-refractivity contribution is 6.01. The van der Waals surface area contributed by atoms with E-state index < -0.39 is 0 Å². The molecule has 0 aliphatic carbocycles. The van der Waals surface area contributed by atoms with Crippen LogP contribution in [0.5, 0.6) is 11.5 Å². The third-order valence-electron chi connectivity index (χ3n) is 6.11. The van der Waals surface area contributed by atoms with Crippen LogP contribution < -0.4 is 10.1 Å². The number of nitrogens with zero attached hydrogens (tertiary/aromatic N) is 3. The van der Waals surface area contributed by atoms with E-state index in [1.165, 1.54) is 7.11 Å². The number of phenols is 1. The maximum Gasteiger partial charge on any atom is 0.160 e. The molecule has 0 radical (unpaired) electrons. The molecule has 0 saturated carbocycles. The summed E-state index contributed by atoms with van der Waals surface area (Å²) in [5.74, 6) is 2.93. The maximum absolute atomic E-state index is 10.1. The molecule has 1 aliphatic rings. The average Bonchev–Trinajstić information content (AvgIpc) is 3.38. The summed E-state index contributed by atoms with van der Waals surface area (Å²) in [5, 5.41) is 13.5. The van der Waals surface area contributed by atoms with Crippen molar-refractivity contribution in [1.29, 1.82) is 0 Å². The molecule has 0 unspecified atom stereocenters. The van der Waals surface area contributed by atoms with Gasteiger partial charge < -0.3 is 25.1 Å². The van der Waals surface area contributed by atoms with Gasteiger partial charge in [0.25, 0.3) is 0 Å². The van der Waals surface area contributed by atoms with Crippen molar-refractivity contribution >= 4 is 27.9 Å². The van der Waals surface area contributed by atoms with E-state index in [4.69, 9.17) is 9.72 Å². The molecule has 0 spiro atoms. The third kappa shape index (κ3) is 3.63. The molecule has 170 valence electrons. The van der Waals surface area contributed by atoms with E-state index in [1.807, 2.05) is 30.3 Å². The number of benzene rings is 3. The van der Waals surface area contributed by atoms with Gasteiger partial charge in [0.1, 0.15) is 17.5 Å². The van der Waals surface area contributed by atoms with Crippen LogP contribution in [-0.2, 0) is 0 Å². The second-order valence-electron chi connectivity index (χ2n) is 8.39. The third-order valence-corrected chi connectivity index (χ3v) is 6.11. The van der Waals surface area contributed by atoms with E-state index in [1.54, 1.807) is 12.1 Å². The van der Waals surface area contributed by atoms with Gasteiger partial charge in [-0.15, -0.1) is 0 Å². The van der Waals surface area contributed by atoms with Gasteiger partial charge >= 0.3 is 0 Å². The number of fused-ring (bicyclic) bond motifs is 2. The molecule has 4 N–H and O–H groups in total. The number of hydrogen-bond acceptors (Lipinski definition) is 6. The Bertz CT molecular complexity index is 1550. The number of amidine groups is 1. The number of phenolic OH excluding ortho intramolecular Hbond substituents is 1. The monoisotopic (exact) mass is 452 g/mol. The van der Waals surface area contributed by atoms with Crippen LogP contribution in [0.3, 0.4) is 0 Å². The summed E-state index contributed by atoms with van der Waals surface area (Å²) in [4.78, 5) is 20.9. The fraction of sp³-hybridized carbons (Fsp3) is 0.192. The van der Waals surface area contributed by atoms with Crippen LogP contribution in [0.4, 0.5) is 0 Å². The Labute approximate surface area is 195 Å². The normalized spacial score (nSPS) is 14.1. The lowest BCUT2D eigenvalue weighted by molar-refractivity contribution is 0.373. The topological polar surface area (TPSA) is 111 Å². The van der Waals surface area contributed by atoms with E-state index >= 15 is 0 Å². The minimum absolute atomic E-state index is 0.0767. The molecule has 3 aromatic carbocycles. The molecule has 1 aliphatic heterocycles. The van der Waals surface area contributed by atoms with Crippen molar-refractivity contribution < 1.29 is 9.84 Å². The Morgan fingerprint density at radius 1 is 0.794 bits per heavy atom. The van der Waals surface area contributed by atoms with Gasteiger partial charge in [-0.05, 0) is 67.4 Å². The number of nitrogens with one attached hydrogen (secondary N) is 3. The molecule has 34 heavy (non-hydrogen) atoms. The highest BCUT2D eigenvalue weighted by Gasteiger charge is 2.13. The van der Waals surface area contributed by atoms with Crippen LogP contribution in [0.15, 0.2) is 59.6 Å². The van der Waals surface area contributed by atoms with Gasteiger partial charge in [-0.2, -0.15) is 0 Å². The van der Waals surface area contributed by atoms with Gasteiger partial charge in [0.15, 0.2) is 11.5 Å². The standard InChI is InChI=1S/C26H24N6O2/c1-34-23-9-6-17(14-22(23)33)26-30-19-8-5-16(13-21(19)32-26)25-29-18-7-4-15(12-20(18)31-25)24-27-10-2-3-11-28-24/h4-9,12-14,33H,2-3,10-11H2,1H3,(H,27,28)(H,29,31)(H,30,32). The lowest BCUT2D eigenvalue weighted by Gasteiger charge is -2.06. The second kappa shape index (κ2) is 8.22. The minimum Gasteiger partial charge on any atom is -0.504 e. The first-order valence-electron chi connectivity index (χ1n) is 11.3. The first-order valence-corrected chi connectivity index (χ1v) is 11.3. The number of aromatic nitrogens is 4. The van der Waals surface area contributed by atoms with Crippen molar-refractivity contribution in [2.75, 3.05) is 20.2 Å². The molecule has 8 heteroatoms. The molecule has 0 fully saturated rings. The summed E-state index contributed by atoms with van der Waals surface area (Å²) in [6.07, 6.45) is 2.26. The number of hydrogen-bond donors (Lipinski definition) is 4. The summed E-state index contributed by atoms with van der Waals surface area (Å²) >= 11 is 0. The van der Waals surface area contributed by atoms with Crippen LogP contribution >= 0.6 is 0 Å². The fourth-order valence-corrected chi connectivity index (χ4v) is 4.31. The van der Waals surface area contributed by atoms with Crippen LogP contribution in [0, 0.1) is 0 Å². The van der Waals surface area contributed by atoms with E-state index in [0.717, 1.165) is 76.3 Å². The Morgan fingerprint density at radius 3 is 2.15 bits per heavy atom. The number of aromatic amines is 2. The summed E-state index contributed by atoms with van der Waals surface area (Å²) in [6.45, 7) is 1.81. The Hall–Kier alpha value is -4.33. The molecule has 0 bridgehead atoms. The van der Waals surface area contributed by atoms with Crippen LogP contribution in [-0.4, -0.2) is 51.1 Å². The Kier molecular flexibility index (Phi) is 4.91. The molecular weight excluding hydrogens is 428 g/mol. The van der Waals surface area contributed by atoms with Crippen molar-refractivity contribution in [1.82, 2.24) is 25.3 Å². The van der Waals surface area contributed by atoms with Gasteiger partial charge in [0.05, 0.1) is 29.2 Å². The van der Waals surface area contributed by atoms with Gasteiger partial charge in [-0.1, -0.05) is 0 Å². The molecule has 5 aromatic rings. The Balaban J connectivity index is 1.34. The first-order chi connectivity index (χ1) is 16.7. The second-order valence-corrected chi connectivity index (χ2v) is 8.39. The quantitative estimate of drug-likeness (QED) is 0.318. The number of methoxy groups -OCH3 is 1. The minimum atomic E-state index is 0.0767. The van der Waals surface area contributed by atoms with Gasteiger partial charge in [-0.3, -0.25) is 4.99 Å². The van der Waals surface area contributed by atoms with Crippen LogP contribution in [0.1, 0.15) is 18.4 Å². The van der Waals surface area contributed by atoms with Crippen molar-refractivity contribution in [2.45, 2.75) is 12.8 Å². The number of H-pyrrole nitrogens is 2. The van der Waals surface area contributed by atoms with E-state index in [-0.39, 0.29) is 5.75 Å². The highest BCUT2D eigenvalue weighted by Crippen LogP contribution is 2.32. The predicted octanol–water partition coefficient (Wildman–Crippen LogP) is 4.62. The molecule has 3 heterocycles. The number of imidazole rings is 2. The first kappa shape index (κ1) is 20.3. The van der Waals surface area contributed by atoms with E-state index in [9.17, 15) is 5.11 Å². The smallest absolute Gasteiger partial charge is 0.160 e. The van der Waals surface area contributed by atoms with Crippen molar-refractivity contribution in [2.24, 2.45) is 4.99 Å². The molecule has 6 rings (SSSR count). The number of ether oxygens (including phenoxy) is 1. The summed E-state index contributed by atoms with van der Waals surface area (Å²) in [5.41, 5.74) is 6.42. The molecule has 0 saturated heterocycles. The van der Waals surface area contributed by atoms with Gasteiger partial charge in [0.2, 0.25) is 0 Å². The number of aromatic hydroxyl groups is 1. The molecule has 0 amide bonds. The molecule has 2 aromatic heterocycles. The zero-order chi connectivity index (χ0) is 23.1.